The van der Waals surface area contributed by atoms with Gasteiger partial charge in [0.05, 0.1) is 16.6 Å². The molecule has 1 aromatic heterocycles. The Hall–Kier alpha value is -3.06. The number of carbonyl (C=O) groups is 1. The molecule has 0 N–H and O–H groups in total. The molecule has 0 aliphatic carbocycles. The highest BCUT2D eigenvalue weighted by Gasteiger charge is 2.29. The van der Waals surface area contributed by atoms with Gasteiger partial charge in [-0.05, 0) is 61.4 Å². The van der Waals surface area contributed by atoms with Crippen molar-refractivity contribution in [3.63, 3.8) is 0 Å². The van der Waals surface area contributed by atoms with Crippen molar-refractivity contribution in [2.45, 2.75) is 36.6 Å². The summed E-state index contributed by atoms with van der Waals surface area (Å²) >= 11 is 0. The number of carbonyl (C=O) groups excluding carboxylic acids is 1. The second-order valence-corrected chi connectivity index (χ2v) is 10.2. The molecular formula is C25H29N3O3S. The van der Waals surface area contributed by atoms with Crippen molar-refractivity contribution in [3.8, 4) is 0 Å². The number of hydrogen-bond acceptors (Lipinski definition) is 3. The highest BCUT2D eigenvalue weighted by atomic mass is 32.2. The van der Waals surface area contributed by atoms with E-state index in [0.29, 0.717) is 17.8 Å². The molecule has 0 bridgehead atoms. The lowest BCUT2D eigenvalue weighted by Crippen LogP contribution is -2.35. The Morgan fingerprint density at radius 2 is 1.66 bits per heavy atom. The van der Waals surface area contributed by atoms with E-state index in [9.17, 15) is 13.2 Å². The summed E-state index contributed by atoms with van der Waals surface area (Å²) in [5, 5.41) is 0. The van der Waals surface area contributed by atoms with Gasteiger partial charge in [-0.15, -0.1) is 0 Å². The summed E-state index contributed by atoms with van der Waals surface area (Å²) in [7, 11) is -0.173. The molecule has 2 heterocycles. The van der Waals surface area contributed by atoms with Crippen molar-refractivity contribution in [2.24, 2.45) is 7.05 Å². The van der Waals surface area contributed by atoms with Crippen LogP contribution in [-0.2, 0) is 17.1 Å². The number of sulfonamides is 1. The maximum Gasteiger partial charge on any atom is 0.264 e. The van der Waals surface area contributed by atoms with Gasteiger partial charge in [0.1, 0.15) is 0 Å². The number of likely N-dealkylation sites (tertiary alicyclic amines) is 1. The standard InChI is InChI=1S/C25H29N3O3S/c1-26-18-9-13-23(26)24-12-7-4-8-19-28(24)25(29)20-14-16-22(17-15-20)32(30,31)27(2)21-10-5-3-6-11-21/h3,5-6,9-11,13-18,24H,4,7-8,12,19H2,1-2H3/t24-/m1/s1. The van der Waals surface area contributed by atoms with Crippen LogP contribution in [0, 0.1) is 0 Å². The molecule has 7 heteroatoms. The number of amides is 1. The molecule has 1 aliphatic rings. The van der Waals surface area contributed by atoms with Crippen LogP contribution in [0.4, 0.5) is 5.69 Å². The Morgan fingerprint density at radius 1 is 0.938 bits per heavy atom. The normalized spacial score (nSPS) is 17.1. The molecule has 1 aliphatic heterocycles. The fourth-order valence-corrected chi connectivity index (χ4v) is 5.55. The molecule has 3 aromatic rings. The minimum Gasteiger partial charge on any atom is -0.353 e. The molecule has 2 aromatic carbocycles. The molecule has 32 heavy (non-hydrogen) atoms. The zero-order valence-corrected chi connectivity index (χ0v) is 19.3. The largest absolute Gasteiger partial charge is 0.353 e. The molecule has 6 nitrogen and oxygen atoms in total. The Morgan fingerprint density at radius 3 is 2.31 bits per heavy atom. The first-order chi connectivity index (χ1) is 15.4. The average Bonchev–Trinajstić information content (AvgIpc) is 3.09. The lowest BCUT2D eigenvalue weighted by atomic mass is 10.1. The van der Waals surface area contributed by atoms with Crippen molar-refractivity contribution < 1.29 is 13.2 Å². The Labute approximate surface area is 190 Å². The summed E-state index contributed by atoms with van der Waals surface area (Å²) in [5.41, 5.74) is 2.22. The van der Waals surface area contributed by atoms with Gasteiger partial charge in [-0.1, -0.05) is 31.0 Å². The van der Waals surface area contributed by atoms with Crippen LogP contribution in [-0.4, -0.2) is 37.4 Å². The van der Waals surface area contributed by atoms with Crippen molar-refractivity contribution in [1.29, 1.82) is 0 Å². The molecule has 0 unspecified atom stereocenters. The molecule has 168 valence electrons. The number of aromatic nitrogens is 1. The Kier molecular flexibility index (Phi) is 6.37. The van der Waals surface area contributed by atoms with E-state index in [1.165, 1.54) is 23.5 Å². The predicted octanol–water partition coefficient (Wildman–Crippen LogP) is 4.61. The summed E-state index contributed by atoms with van der Waals surface area (Å²) in [6.45, 7) is 0.700. The summed E-state index contributed by atoms with van der Waals surface area (Å²) < 4.78 is 29.4. The minimum absolute atomic E-state index is 0.0256. The third-order valence-corrected chi connectivity index (χ3v) is 8.02. The van der Waals surface area contributed by atoms with E-state index < -0.39 is 10.0 Å². The minimum atomic E-state index is -3.71. The van der Waals surface area contributed by atoms with Gasteiger partial charge in [-0.3, -0.25) is 9.10 Å². The van der Waals surface area contributed by atoms with Crippen LogP contribution in [0.3, 0.4) is 0 Å². The van der Waals surface area contributed by atoms with Crippen LogP contribution < -0.4 is 4.31 Å². The maximum atomic E-state index is 13.4. The van der Waals surface area contributed by atoms with Gasteiger partial charge in [0.25, 0.3) is 15.9 Å². The van der Waals surface area contributed by atoms with Crippen LogP contribution >= 0.6 is 0 Å². The molecule has 1 saturated heterocycles. The number of para-hydroxylation sites is 1. The van der Waals surface area contributed by atoms with Gasteiger partial charge in [-0.2, -0.15) is 0 Å². The van der Waals surface area contributed by atoms with Crippen LogP contribution in [0.15, 0.2) is 77.8 Å². The van der Waals surface area contributed by atoms with Gasteiger partial charge >= 0.3 is 0 Å². The number of aryl methyl sites for hydroxylation is 1. The van der Waals surface area contributed by atoms with E-state index >= 15 is 0 Å². The van der Waals surface area contributed by atoms with E-state index in [1.807, 2.05) is 30.3 Å². The molecule has 4 rings (SSSR count). The van der Waals surface area contributed by atoms with Crippen molar-refractivity contribution in [2.75, 3.05) is 17.9 Å². The number of benzene rings is 2. The van der Waals surface area contributed by atoms with E-state index in [0.717, 1.165) is 31.4 Å². The fourth-order valence-electron chi connectivity index (χ4n) is 4.35. The van der Waals surface area contributed by atoms with Crippen molar-refractivity contribution >= 4 is 21.6 Å². The first-order valence-corrected chi connectivity index (χ1v) is 12.4. The van der Waals surface area contributed by atoms with E-state index in [-0.39, 0.29) is 16.8 Å². The molecule has 0 spiro atoms. The van der Waals surface area contributed by atoms with E-state index in [1.54, 1.807) is 36.4 Å². The summed E-state index contributed by atoms with van der Waals surface area (Å²) in [4.78, 5) is 15.6. The van der Waals surface area contributed by atoms with Crippen LogP contribution in [0.1, 0.15) is 47.8 Å². The number of anilines is 1. The highest BCUT2D eigenvalue weighted by molar-refractivity contribution is 7.92. The van der Waals surface area contributed by atoms with Gasteiger partial charge < -0.3 is 9.47 Å². The number of hydrogen-bond donors (Lipinski definition) is 0. The zero-order valence-electron chi connectivity index (χ0n) is 18.5. The van der Waals surface area contributed by atoms with Crippen LogP contribution in [0.25, 0.3) is 0 Å². The van der Waals surface area contributed by atoms with Gasteiger partial charge in [0.15, 0.2) is 0 Å². The predicted molar refractivity (Wildman–Crippen MR) is 126 cm³/mol. The molecule has 1 amide bonds. The lowest BCUT2D eigenvalue weighted by Gasteiger charge is -2.31. The number of nitrogens with zero attached hydrogens (tertiary/aromatic N) is 3. The first-order valence-electron chi connectivity index (χ1n) is 11.0. The second kappa shape index (κ2) is 9.20. The third-order valence-electron chi connectivity index (χ3n) is 6.22. The molecular weight excluding hydrogens is 422 g/mol. The second-order valence-electron chi connectivity index (χ2n) is 8.24. The average molecular weight is 452 g/mol. The molecule has 0 saturated carbocycles. The molecule has 1 fully saturated rings. The Balaban J connectivity index is 1.59. The SMILES string of the molecule is CN(c1ccccc1)S(=O)(=O)c1ccc(C(=O)N2CCCCC[C@@H]2c2cccn2C)cc1. The quantitative estimate of drug-likeness (QED) is 0.569. The van der Waals surface area contributed by atoms with Crippen molar-refractivity contribution in [1.82, 2.24) is 9.47 Å². The Bertz CT molecular complexity index is 1170. The van der Waals surface area contributed by atoms with E-state index in [4.69, 9.17) is 0 Å². The van der Waals surface area contributed by atoms with Crippen LogP contribution in [0.2, 0.25) is 0 Å². The lowest BCUT2D eigenvalue weighted by molar-refractivity contribution is 0.0674. The van der Waals surface area contributed by atoms with Gasteiger partial charge in [0, 0.05) is 38.1 Å². The monoisotopic (exact) mass is 451 g/mol. The third kappa shape index (κ3) is 4.30. The summed E-state index contributed by atoms with van der Waals surface area (Å²) in [6, 6.07) is 19.3. The van der Waals surface area contributed by atoms with Crippen molar-refractivity contribution in [3.05, 3.63) is 84.2 Å². The maximum absolute atomic E-state index is 13.4. The molecule has 0 radical (unpaired) electrons. The summed E-state index contributed by atoms with van der Waals surface area (Å²) in [6.07, 6.45) is 6.10. The zero-order chi connectivity index (χ0) is 22.7. The summed E-state index contributed by atoms with van der Waals surface area (Å²) in [5.74, 6) is -0.0570. The first kappa shape index (κ1) is 22.1. The van der Waals surface area contributed by atoms with Gasteiger partial charge in [0.2, 0.25) is 0 Å². The number of rotatable bonds is 5. The van der Waals surface area contributed by atoms with Gasteiger partial charge in [-0.25, -0.2) is 8.42 Å². The topological polar surface area (TPSA) is 62.6 Å². The molecule has 1 atom stereocenters. The van der Waals surface area contributed by atoms with Crippen LogP contribution in [0.5, 0.6) is 0 Å². The smallest absolute Gasteiger partial charge is 0.264 e. The highest BCUT2D eigenvalue weighted by Crippen LogP contribution is 2.32. The fraction of sp³-hybridized carbons (Fsp3) is 0.320. The van der Waals surface area contributed by atoms with E-state index in [2.05, 4.69) is 10.6 Å².